The van der Waals surface area contributed by atoms with Gasteiger partial charge in [0.1, 0.15) is 5.75 Å². The van der Waals surface area contributed by atoms with E-state index in [4.69, 9.17) is 29.3 Å². The number of aliphatic carboxylic acids is 2. The van der Waals surface area contributed by atoms with Crippen LogP contribution in [0.15, 0.2) is 47.4 Å². The number of nitrogens with zero attached hydrogens (tertiary/aromatic N) is 2. The summed E-state index contributed by atoms with van der Waals surface area (Å²) in [4.78, 5) is 48.4. The van der Waals surface area contributed by atoms with Crippen LogP contribution in [0, 0.1) is 6.92 Å². The quantitative estimate of drug-likeness (QED) is 0.434. The number of hydrogen-bond acceptors (Lipinski definition) is 8. The molecule has 0 spiro atoms. The van der Waals surface area contributed by atoms with E-state index in [-0.39, 0.29) is 11.2 Å². The number of esters is 1. The summed E-state index contributed by atoms with van der Waals surface area (Å²) in [6.07, 6.45) is -0.921. The zero-order chi connectivity index (χ0) is 27.0. The van der Waals surface area contributed by atoms with E-state index in [9.17, 15) is 9.59 Å². The van der Waals surface area contributed by atoms with E-state index in [1.807, 2.05) is 68.4 Å². The minimum atomic E-state index is -1.82. The van der Waals surface area contributed by atoms with Crippen LogP contribution in [0.2, 0.25) is 0 Å². The molecule has 0 bridgehead atoms. The third kappa shape index (κ3) is 7.72. The molecule has 10 nitrogen and oxygen atoms in total. The van der Waals surface area contributed by atoms with E-state index < -0.39 is 24.0 Å². The predicted octanol–water partition coefficient (Wildman–Crippen LogP) is 2.83. The fraction of sp³-hybridized carbons (Fsp3) is 0.360. The maximum atomic E-state index is 13.6. The molecule has 11 heteroatoms. The van der Waals surface area contributed by atoms with E-state index in [1.54, 1.807) is 12.0 Å². The fourth-order valence-corrected chi connectivity index (χ4v) is 4.71. The SMILES string of the molecule is COc1ccc2c(c1)S[C@@H](c1ccc(C)cc1)[C@@H](OC(C)=O)C(=O)N2CCN(C)C.O=C(O)C(=O)O. The summed E-state index contributed by atoms with van der Waals surface area (Å²) in [5.74, 6) is -3.61. The maximum absolute atomic E-state index is 13.6. The van der Waals surface area contributed by atoms with Gasteiger partial charge in [-0.2, -0.15) is 0 Å². The van der Waals surface area contributed by atoms with Gasteiger partial charge in [0.2, 0.25) is 0 Å². The van der Waals surface area contributed by atoms with Crippen LogP contribution in [0.4, 0.5) is 5.69 Å². The molecule has 0 fully saturated rings. The summed E-state index contributed by atoms with van der Waals surface area (Å²) >= 11 is 1.52. The Balaban J connectivity index is 0.000000678. The zero-order valence-corrected chi connectivity index (χ0v) is 21.6. The van der Waals surface area contributed by atoms with Gasteiger partial charge in [0.15, 0.2) is 6.10 Å². The molecule has 0 radical (unpaired) electrons. The average Bonchev–Trinajstić information content (AvgIpc) is 2.92. The minimum absolute atomic E-state index is 0.214. The first-order valence-corrected chi connectivity index (χ1v) is 11.8. The maximum Gasteiger partial charge on any atom is 0.414 e. The number of anilines is 1. The summed E-state index contributed by atoms with van der Waals surface area (Å²) in [6.45, 7) is 4.53. The highest BCUT2D eigenvalue weighted by Gasteiger charge is 2.40. The monoisotopic (exact) mass is 518 g/mol. The molecule has 1 amide bonds. The van der Waals surface area contributed by atoms with Crippen LogP contribution in [-0.4, -0.2) is 79.3 Å². The molecule has 2 N–H and O–H groups in total. The molecule has 36 heavy (non-hydrogen) atoms. The molecule has 1 heterocycles. The Morgan fingerprint density at radius 3 is 2.17 bits per heavy atom. The van der Waals surface area contributed by atoms with Crippen LogP contribution in [0.1, 0.15) is 23.3 Å². The number of carboxylic acids is 2. The molecule has 0 aliphatic carbocycles. The van der Waals surface area contributed by atoms with E-state index in [0.29, 0.717) is 13.1 Å². The number of likely N-dealkylation sites (N-methyl/N-ethyl adjacent to an activating group) is 1. The van der Waals surface area contributed by atoms with Crippen molar-refractivity contribution in [2.24, 2.45) is 0 Å². The lowest BCUT2D eigenvalue weighted by molar-refractivity contribution is -0.159. The number of rotatable bonds is 6. The number of fused-ring (bicyclic) bond motifs is 1. The van der Waals surface area contributed by atoms with Crippen molar-refractivity contribution in [2.75, 3.05) is 39.2 Å². The van der Waals surface area contributed by atoms with Crippen molar-refractivity contribution in [1.82, 2.24) is 4.90 Å². The summed E-state index contributed by atoms with van der Waals surface area (Å²) < 4.78 is 11.0. The van der Waals surface area contributed by atoms with Gasteiger partial charge in [-0.1, -0.05) is 29.8 Å². The first kappa shape index (κ1) is 28.7. The third-order valence-corrected chi connectivity index (χ3v) is 6.50. The second kappa shape index (κ2) is 12.9. The van der Waals surface area contributed by atoms with Gasteiger partial charge in [-0.05, 0) is 44.8 Å². The Hall–Kier alpha value is -3.57. The summed E-state index contributed by atoms with van der Waals surface area (Å²) in [5.41, 5.74) is 2.87. The number of amides is 1. The van der Waals surface area contributed by atoms with Crippen LogP contribution in [0.5, 0.6) is 5.75 Å². The molecular weight excluding hydrogens is 488 g/mol. The number of hydrogen-bond donors (Lipinski definition) is 2. The fourth-order valence-electron chi connectivity index (χ4n) is 3.36. The standard InChI is InChI=1S/C23H28N2O4S.C2H2O4/c1-15-6-8-17(9-7-15)22-21(29-16(2)26)23(27)25(13-12-24(3)4)19-11-10-18(28-5)14-20(19)30-22;3-1(4)2(5)6/h6-11,14,21-22H,12-13H2,1-5H3;(H,3,4)(H,5,6)/t21-,22+;/m1./s1. The molecule has 1 aliphatic heterocycles. The van der Waals surface area contributed by atoms with Crippen molar-refractivity contribution in [2.45, 2.75) is 30.1 Å². The lowest BCUT2D eigenvalue weighted by atomic mass is 10.0. The second-order valence-corrected chi connectivity index (χ2v) is 9.40. The van der Waals surface area contributed by atoms with Crippen molar-refractivity contribution in [1.29, 1.82) is 0 Å². The van der Waals surface area contributed by atoms with Gasteiger partial charge in [-0.3, -0.25) is 9.59 Å². The topological polar surface area (TPSA) is 134 Å². The lowest BCUT2D eigenvalue weighted by Gasteiger charge is -2.28. The highest BCUT2D eigenvalue weighted by Crippen LogP contribution is 2.47. The molecule has 194 valence electrons. The number of ether oxygens (including phenoxy) is 2. The summed E-state index contributed by atoms with van der Waals surface area (Å²) in [5, 5.41) is 14.4. The van der Waals surface area contributed by atoms with Crippen LogP contribution < -0.4 is 9.64 Å². The molecule has 0 saturated carbocycles. The Labute approximate surface area is 213 Å². The Morgan fingerprint density at radius 1 is 1.06 bits per heavy atom. The number of carbonyl (C=O) groups is 4. The molecule has 0 aromatic heterocycles. The van der Waals surface area contributed by atoms with Gasteiger partial charge in [0.25, 0.3) is 5.91 Å². The highest BCUT2D eigenvalue weighted by molar-refractivity contribution is 7.99. The molecule has 0 unspecified atom stereocenters. The third-order valence-electron chi connectivity index (χ3n) is 5.15. The van der Waals surface area contributed by atoms with E-state index >= 15 is 0 Å². The van der Waals surface area contributed by atoms with E-state index in [0.717, 1.165) is 27.5 Å². The van der Waals surface area contributed by atoms with Gasteiger partial charge in [0.05, 0.1) is 18.0 Å². The zero-order valence-electron chi connectivity index (χ0n) is 20.8. The van der Waals surface area contributed by atoms with Crippen molar-refractivity contribution in [3.05, 3.63) is 53.6 Å². The van der Waals surface area contributed by atoms with Crippen molar-refractivity contribution in [3.8, 4) is 5.75 Å². The first-order valence-electron chi connectivity index (χ1n) is 10.9. The molecule has 2 atom stereocenters. The Kier molecular flexibility index (Phi) is 10.3. The van der Waals surface area contributed by atoms with Crippen molar-refractivity contribution in [3.63, 3.8) is 0 Å². The Morgan fingerprint density at radius 2 is 1.67 bits per heavy atom. The van der Waals surface area contributed by atoms with Gasteiger partial charge in [-0.25, -0.2) is 9.59 Å². The summed E-state index contributed by atoms with van der Waals surface area (Å²) in [6, 6.07) is 13.7. The normalized spacial score (nSPS) is 16.8. The molecule has 0 saturated heterocycles. The summed E-state index contributed by atoms with van der Waals surface area (Å²) in [7, 11) is 5.55. The lowest BCUT2D eigenvalue weighted by Crippen LogP contribution is -2.45. The number of benzene rings is 2. The van der Waals surface area contributed by atoms with E-state index in [1.165, 1.54) is 18.7 Å². The van der Waals surface area contributed by atoms with Crippen LogP contribution in [-0.2, 0) is 23.9 Å². The van der Waals surface area contributed by atoms with Gasteiger partial charge in [-0.15, -0.1) is 11.8 Å². The first-order chi connectivity index (χ1) is 16.9. The van der Waals surface area contributed by atoms with Crippen LogP contribution >= 0.6 is 11.8 Å². The van der Waals surface area contributed by atoms with Crippen molar-refractivity contribution >= 4 is 41.3 Å². The smallest absolute Gasteiger partial charge is 0.414 e. The van der Waals surface area contributed by atoms with Gasteiger partial charge < -0.3 is 29.5 Å². The Bertz CT molecular complexity index is 1090. The van der Waals surface area contributed by atoms with Crippen molar-refractivity contribution < 1.29 is 38.9 Å². The molecule has 2 aromatic carbocycles. The minimum Gasteiger partial charge on any atom is -0.497 e. The largest absolute Gasteiger partial charge is 0.497 e. The number of thioether (sulfide) groups is 1. The molecule has 2 aromatic rings. The number of carbonyl (C=O) groups excluding carboxylic acids is 2. The van der Waals surface area contributed by atoms with Gasteiger partial charge in [0, 0.05) is 24.9 Å². The van der Waals surface area contributed by atoms with Gasteiger partial charge >= 0.3 is 17.9 Å². The van der Waals surface area contributed by atoms with E-state index in [2.05, 4.69) is 0 Å². The molecule has 1 aliphatic rings. The molecular formula is C25H30N2O8S. The average molecular weight is 519 g/mol. The second-order valence-electron chi connectivity index (χ2n) is 8.22. The number of aryl methyl sites for hydroxylation is 1. The number of methoxy groups -OCH3 is 1. The highest BCUT2D eigenvalue weighted by atomic mass is 32.2. The van der Waals surface area contributed by atoms with Crippen LogP contribution in [0.25, 0.3) is 0 Å². The predicted molar refractivity (Wildman–Crippen MR) is 135 cm³/mol. The van der Waals surface area contributed by atoms with Crippen LogP contribution in [0.3, 0.4) is 0 Å². The molecule has 3 rings (SSSR count). The number of carboxylic acid groups (broad SMARTS) is 2.